The van der Waals surface area contributed by atoms with Crippen molar-refractivity contribution in [2.24, 2.45) is 17.3 Å². The first-order chi connectivity index (χ1) is 12.1. The van der Waals surface area contributed by atoms with Gasteiger partial charge in [-0.25, -0.2) is 0 Å². The summed E-state index contributed by atoms with van der Waals surface area (Å²) in [5, 5.41) is 2.78. The van der Waals surface area contributed by atoms with E-state index in [2.05, 4.69) is 24.4 Å². The number of anilines is 1. The summed E-state index contributed by atoms with van der Waals surface area (Å²) in [6.45, 7) is 4.75. The second kappa shape index (κ2) is 6.15. The Bertz CT molecular complexity index is 713. The Kier molecular flexibility index (Phi) is 4.09. The fourth-order valence-electron chi connectivity index (χ4n) is 5.82. The number of Topliss-reactive ketones (excluding diaryl/α,β-unsaturated/α-hetero) is 1. The van der Waals surface area contributed by atoms with Crippen LogP contribution in [0.2, 0.25) is 0 Å². The summed E-state index contributed by atoms with van der Waals surface area (Å²) in [6, 6.07) is 4.25. The molecule has 3 aliphatic carbocycles. The van der Waals surface area contributed by atoms with Gasteiger partial charge in [0.1, 0.15) is 11.5 Å². The average Bonchev–Trinajstić information content (AvgIpc) is 2.91. The van der Waals surface area contributed by atoms with E-state index in [0.717, 1.165) is 50.0 Å². The molecular weight excluding hydrogens is 314 g/mol. The van der Waals surface area contributed by atoms with Crippen LogP contribution in [0.3, 0.4) is 0 Å². The molecule has 0 aromatic heterocycles. The number of ether oxygens (including phenoxy) is 1. The molecule has 4 rings (SSSR count). The molecule has 4 atom stereocenters. The first kappa shape index (κ1) is 16.6. The summed E-state index contributed by atoms with van der Waals surface area (Å²) in [5.74, 6) is 2.93. The quantitative estimate of drug-likeness (QED) is 0.840. The van der Waals surface area contributed by atoms with Crippen molar-refractivity contribution in [3.05, 3.63) is 23.3 Å². The maximum absolute atomic E-state index is 12.4. The normalized spacial score (nSPS) is 33.2. The van der Waals surface area contributed by atoms with Gasteiger partial charge >= 0.3 is 0 Å². The number of carbonyl (C=O) groups is 2. The second-order valence-electron chi connectivity index (χ2n) is 8.08. The van der Waals surface area contributed by atoms with Gasteiger partial charge < -0.3 is 10.1 Å². The molecule has 1 N–H and O–H groups in total. The fourth-order valence-corrected chi connectivity index (χ4v) is 5.82. The van der Waals surface area contributed by atoms with Crippen LogP contribution in [0, 0.1) is 17.3 Å². The third-order valence-electron chi connectivity index (χ3n) is 7.05. The number of rotatable bonds is 4. The third kappa shape index (κ3) is 2.49. The van der Waals surface area contributed by atoms with E-state index in [0.29, 0.717) is 36.6 Å². The molecule has 0 radical (unpaired) electrons. The molecule has 0 spiro atoms. The highest BCUT2D eigenvalue weighted by atomic mass is 16.5. The van der Waals surface area contributed by atoms with E-state index >= 15 is 0 Å². The Morgan fingerprint density at radius 3 is 2.88 bits per heavy atom. The lowest BCUT2D eigenvalue weighted by Gasteiger charge is -2.48. The summed E-state index contributed by atoms with van der Waals surface area (Å²) < 4.78 is 5.78. The third-order valence-corrected chi connectivity index (χ3v) is 7.05. The van der Waals surface area contributed by atoms with E-state index < -0.39 is 0 Å². The van der Waals surface area contributed by atoms with Gasteiger partial charge in [0.15, 0.2) is 0 Å². The summed E-state index contributed by atoms with van der Waals surface area (Å²) in [7, 11) is 0. The molecule has 0 heterocycles. The number of carbonyl (C=O) groups excluding carboxylic acids is 2. The second-order valence-corrected chi connectivity index (χ2v) is 8.08. The number of hydrogen-bond donors (Lipinski definition) is 1. The smallest absolute Gasteiger partial charge is 0.211 e. The van der Waals surface area contributed by atoms with Crippen LogP contribution in [-0.4, -0.2) is 18.8 Å². The number of nitrogens with one attached hydrogen (secondary N) is 1. The van der Waals surface area contributed by atoms with Crippen LogP contribution in [0.5, 0.6) is 5.75 Å². The van der Waals surface area contributed by atoms with Crippen molar-refractivity contribution in [2.75, 3.05) is 11.9 Å². The van der Waals surface area contributed by atoms with Gasteiger partial charge in [-0.1, -0.05) is 6.92 Å². The van der Waals surface area contributed by atoms with Crippen molar-refractivity contribution in [3.63, 3.8) is 0 Å². The maximum Gasteiger partial charge on any atom is 0.211 e. The Morgan fingerprint density at radius 1 is 1.28 bits per heavy atom. The largest absolute Gasteiger partial charge is 0.492 e. The minimum atomic E-state index is -0.0829. The molecule has 0 unspecified atom stereocenters. The van der Waals surface area contributed by atoms with Crippen molar-refractivity contribution in [1.82, 2.24) is 0 Å². The molecule has 0 saturated heterocycles. The van der Waals surface area contributed by atoms with Crippen LogP contribution in [0.25, 0.3) is 0 Å². The number of fused-ring (bicyclic) bond motifs is 5. The molecule has 3 aliphatic rings. The molecule has 1 aromatic rings. The van der Waals surface area contributed by atoms with Crippen LogP contribution in [-0.2, 0) is 16.0 Å². The lowest BCUT2D eigenvalue weighted by Crippen LogP contribution is -2.42. The Balaban J connectivity index is 1.71. The Labute approximate surface area is 149 Å². The van der Waals surface area contributed by atoms with E-state index in [1.807, 2.05) is 6.92 Å². The van der Waals surface area contributed by atoms with Crippen LogP contribution < -0.4 is 10.1 Å². The van der Waals surface area contributed by atoms with Crippen LogP contribution >= 0.6 is 0 Å². The van der Waals surface area contributed by atoms with Crippen LogP contribution in [0.1, 0.15) is 63.0 Å². The molecule has 25 heavy (non-hydrogen) atoms. The van der Waals surface area contributed by atoms with E-state index in [1.54, 1.807) is 0 Å². The number of benzene rings is 1. The van der Waals surface area contributed by atoms with Crippen molar-refractivity contribution in [2.45, 2.75) is 58.3 Å². The Hall–Kier alpha value is -1.84. The molecule has 0 aliphatic heterocycles. The minimum Gasteiger partial charge on any atom is -0.492 e. The van der Waals surface area contributed by atoms with Gasteiger partial charge in [-0.15, -0.1) is 0 Å². The van der Waals surface area contributed by atoms with Crippen LogP contribution in [0.15, 0.2) is 12.1 Å². The van der Waals surface area contributed by atoms with Crippen molar-refractivity contribution < 1.29 is 14.3 Å². The molecule has 0 bridgehead atoms. The molecule has 1 aromatic carbocycles. The Morgan fingerprint density at radius 2 is 2.12 bits per heavy atom. The predicted octanol–water partition coefficient (Wildman–Crippen LogP) is 4.08. The zero-order valence-corrected chi connectivity index (χ0v) is 15.1. The van der Waals surface area contributed by atoms with E-state index in [1.165, 1.54) is 11.1 Å². The summed E-state index contributed by atoms with van der Waals surface area (Å²) in [4.78, 5) is 23.4. The van der Waals surface area contributed by atoms with Gasteiger partial charge in [-0.2, -0.15) is 0 Å². The molecular formula is C21H27NO3. The number of aryl methyl sites for hydroxylation is 1. The molecule has 1 amide bonds. The topological polar surface area (TPSA) is 55.4 Å². The highest BCUT2D eigenvalue weighted by molar-refractivity contribution is 5.87. The first-order valence-corrected chi connectivity index (χ1v) is 9.61. The van der Waals surface area contributed by atoms with Gasteiger partial charge in [0.05, 0.1) is 12.3 Å². The van der Waals surface area contributed by atoms with Gasteiger partial charge in [0, 0.05) is 11.8 Å². The van der Waals surface area contributed by atoms with Gasteiger partial charge in [-0.05, 0) is 80.0 Å². The average molecular weight is 341 g/mol. The van der Waals surface area contributed by atoms with E-state index in [9.17, 15) is 9.59 Å². The first-order valence-electron chi connectivity index (χ1n) is 9.61. The molecule has 2 fully saturated rings. The fraction of sp³-hybridized carbons (Fsp3) is 0.619. The zero-order chi connectivity index (χ0) is 17.6. The van der Waals surface area contributed by atoms with Gasteiger partial charge in [0.25, 0.3) is 0 Å². The predicted molar refractivity (Wildman–Crippen MR) is 96.9 cm³/mol. The lowest BCUT2D eigenvalue weighted by atomic mass is 9.55. The standard InChI is InChI=1S/C21H27NO3/c1-3-25-19-11-16-13(10-18(19)22-12-23)4-5-15-14(16)8-9-21(2)17(15)6-7-20(21)24/h10-12,14-15,17H,3-9H2,1-2H3,(H,22,23)/t14-,15+,17-,21-/m0/s1. The van der Waals surface area contributed by atoms with Gasteiger partial charge in [-0.3, -0.25) is 9.59 Å². The lowest BCUT2D eigenvalue weighted by molar-refractivity contribution is -0.129. The summed E-state index contributed by atoms with van der Waals surface area (Å²) >= 11 is 0. The highest BCUT2D eigenvalue weighted by Gasteiger charge is 2.54. The van der Waals surface area contributed by atoms with E-state index in [4.69, 9.17) is 4.74 Å². The van der Waals surface area contributed by atoms with Crippen molar-refractivity contribution in [3.8, 4) is 5.75 Å². The van der Waals surface area contributed by atoms with Gasteiger partial charge in [0.2, 0.25) is 6.41 Å². The number of amides is 1. The summed E-state index contributed by atoms with van der Waals surface area (Å²) in [6.07, 6.45) is 6.82. The number of hydrogen-bond acceptors (Lipinski definition) is 3. The van der Waals surface area contributed by atoms with Crippen molar-refractivity contribution in [1.29, 1.82) is 0 Å². The monoisotopic (exact) mass is 341 g/mol. The SMILES string of the molecule is CCOc1cc2c(cc1NC=O)CC[C@@H]1[C@@H]2CC[C@]2(C)C(=O)CC[C@@H]12. The molecule has 4 heteroatoms. The molecule has 4 nitrogen and oxygen atoms in total. The zero-order valence-electron chi connectivity index (χ0n) is 15.1. The van der Waals surface area contributed by atoms with E-state index in [-0.39, 0.29) is 5.41 Å². The van der Waals surface area contributed by atoms with Crippen molar-refractivity contribution >= 4 is 17.9 Å². The minimum absolute atomic E-state index is 0.0829. The number of ketones is 1. The van der Waals surface area contributed by atoms with Crippen LogP contribution in [0.4, 0.5) is 5.69 Å². The summed E-state index contributed by atoms with van der Waals surface area (Å²) in [5.41, 5.74) is 3.41. The molecule has 134 valence electrons. The molecule has 2 saturated carbocycles. The highest BCUT2D eigenvalue weighted by Crippen LogP contribution is 2.60. The maximum atomic E-state index is 12.4.